The minimum Gasteiger partial charge on any atom is -0.493 e. The van der Waals surface area contributed by atoms with Crippen LogP contribution in [0.2, 0.25) is 0 Å². The molecule has 0 fully saturated rings. The third kappa shape index (κ3) is 6.78. The number of sulfonamides is 1. The van der Waals surface area contributed by atoms with E-state index in [-0.39, 0.29) is 47.9 Å². The predicted octanol–water partition coefficient (Wildman–Crippen LogP) is 3.52. The Morgan fingerprint density at radius 3 is 2.46 bits per heavy atom. The second-order valence-corrected chi connectivity index (χ2v) is 8.87. The van der Waals surface area contributed by atoms with Crippen molar-refractivity contribution in [3.05, 3.63) is 84.2 Å². The fourth-order valence-electron chi connectivity index (χ4n) is 3.07. The Labute approximate surface area is 213 Å². The second kappa shape index (κ2) is 11.9. The summed E-state index contributed by atoms with van der Waals surface area (Å²) >= 11 is 0. The molecular formula is C25H23N5O6S. The maximum absolute atomic E-state index is 13.0. The molecule has 4 aromatic rings. The van der Waals surface area contributed by atoms with Crippen molar-refractivity contribution < 1.29 is 27.7 Å². The molecule has 11 nitrogen and oxygen atoms in total. The Morgan fingerprint density at radius 2 is 1.76 bits per heavy atom. The standard InChI is InChI=1S/C25H23N5O6S/c1-34-20-9-5-6-10-21(20)36-22-24(30-37(32,33)16-11-18-7-3-2-4-8-18)28-23(19-17-26-12-13-27-19)29-25(22)35-15-14-31/h2-13,16-17,31H,14-15H2,1H3,(H,28,29,30)/b16-11+. The topological polar surface area (TPSA) is 146 Å². The van der Waals surface area contributed by atoms with Crippen LogP contribution in [0.5, 0.6) is 23.1 Å². The molecule has 0 unspecified atom stereocenters. The first-order valence-electron chi connectivity index (χ1n) is 11.0. The number of ether oxygens (including phenoxy) is 3. The van der Waals surface area contributed by atoms with Crippen molar-refractivity contribution in [3.8, 4) is 34.6 Å². The number of para-hydroxylation sites is 2. The Balaban J connectivity index is 1.82. The molecule has 0 aliphatic carbocycles. The Bertz CT molecular complexity index is 1470. The highest BCUT2D eigenvalue weighted by atomic mass is 32.2. The number of anilines is 1. The summed E-state index contributed by atoms with van der Waals surface area (Å²) in [4.78, 5) is 16.9. The zero-order valence-corrected chi connectivity index (χ0v) is 20.5. The molecule has 0 radical (unpaired) electrons. The lowest BCUT2D eigenvalue weighted by molar-refractivity contribution is 0.192. The number of aromatic nitrogens is 4. The van der Waals surface area contributed by atoms with Gasteiger partial charge in [0.1, 0.15) is 12.3 Å². The Kier molecular flexibility index (Phi) is 8.23. The van der Waals surface area contributed by atoms with Gasteiger partial charge < -0.3 is 19.3 Å². The summed E-state index contributed by atoms with van der Waals surface area (Å²) in [6.45, 7) is -0.460. The molecule has 0 spiro atoms. The monoisotopic (exact) mass is 521 g/mol. The van der Waals surface area contributed by atoms with Crippen molar-refractivity contribution in [1.29, 1.82) is 0 Å². The average Bonchev–Trinajstić information content (AvgIpc) is 2.93. The summed E-state index contributed by atoms with van der Waals surface area (Å²) in [5, 5.41) is 10.3. The van der Waals surface area contributed by atoms with E-state index in [1.807, 2.05) is 6.07 Å². The Hall–Kier alpha value is -4.55. The van der Waals surface area contributed by atoms with Crippen molar-refractivity contribution in [1.82, 2.24) is 19.9 Å². The number of methoxy groups -OCH3 is 1. The first-order valence-corrected chi connectivity index (χ1v) is 12.5. The van der Waals surface area contributed by atoms with Crippen LogP contribution in [0.15, 0.2) is 78.6 Å². The second-order valence-electron chi connectivity index (χ2n) is 7.31. The number of aliphatic hydroxyl groups is 1. The van der Waals surface area contributed by atoms with E-state index in [4.69, 9.17) is 14.2 Å². The maximum Gasteiger partial charge on any atom is 0.263 e. The summed E-state index contributed by atoms with van der Waals surface area (Å²) in [6.07, 6.45) is 5.78. The largest absolute Gasteiger partial charge is 0.493 e. The van der Waals surface area contributed by atoms with Crippen molar-refractivity contribution in [2.24, 2.45) is 0 Å². The Morgan fingerprint density at radius 1 is 1.00 bits per heavy atom. The van der Waals surface area contributed by atoms with Crippen LogP contribution in [0.25, 0.3) is 17.6 Å². The van der Waals surface area contributed by atoms with Crippen LogP contribution < -0.4 is 18.9 Å². The van der Waals surface area contributed by atoms with Crippen molar-refractivity contribution in [2.75, 3.05) is 25.0 Å². The molecule has 4 rings (SSSR count). The van der Waals surface area contributed by atoms with Gasteiger partial charge in [0.25, 0.3) is 15.9 Å². The molecule has 190 valence electrons. The van der Waals surface area contributed by atoms with Crippen LogP contribution in [0.3, 0.4) is 0 Å². The lowest BCUT2D eigenvalue weighted by Crippen LogP contribution is -2.14. The highest BCUT2D eigenvalue weighted by molar-refractivity contribution is 7.95. The highest BCUT2D eigenvalue weighted by Gasteiger charge is 2.24. The molecule has 2 aromatic carbocycles. The number of nitrogens with zero attached hydrogens (tertiary/aromatic N) is 4. The molecule has 0 aliphatic rings. The average molecular weight is 522 g/mol. The molecular weight excluding hydrogens is 498 g/mol. The van der Waals surface area contributed by atoms with Gasteiger partial charge in [-0.1, -0.05) is 42.5 Å². The van der Waals surface area contributed by atoms with E-state index in [2.05, 4.69) is 24.7 Å². The van der Waals surface area contributed by atoms with Gasteiger partial charge in [-0.05, 0) is 23.8 Å². The molecule has 37 heavy (non-hydrogen) atoms. The first-order chi connectivity index (χ1) is 18.0. The lowest BCUT2D eigenvalue weighted by atomic mass is 10.2. The van der Waals surface area contributed by atoms with E-state index in [1.165, 1.54) is 31.8 Å². The lowest BCUT2D eigenvalue weighted by Gasteiger charge is -2.17. The predicted molar refractivity (Wildman–Crippen MR) is 137 cm³/mol. The van der Waals surface area contributed by atoms with Gasteiger partial charge in [0, 0.05) is 12.4 Å². The fourth-order valence-corrected chi connectivity index (χ4v) is 3.89. The van der Waals surface area contributed by atoms with Crippen LogP contribution in [0.4, 0.5) is 5.82 Å². The normalized spacial score (nSPS) is 11.3. The molecule has 0 bridgehead atoms. The number of aliphatic hydroxyl groups excluding tert-OH is 1. The maximum atomic E-state index is 13.0. The highest BCUT2D eigenvalue weighted by Crippen LogP contribution is 2.41. The van der Waals surface area contributed by atoms with E-state index < -0.39 is 10.0 Å². The van der Waals surface area contributed by atoms with Crippen LogP contribution in [0.1, 0.15) is 5.56 Å². The minimum absolute atomic E-state index is 0.0261. The van der Waals surface area contributed by atoms with Crippen molar-refractivity contribution >= 4 is 21.9 Å². The van der Waals surface area contributed by atoms with Crippen LogP contribution in [-0.4, -0.2) is 53.8 Å². The van der Waals surface area contributed by atoms with Gasteiger partial charge in [-0.2, -0.15) is 4.98 Å². The van der Waals surface area contributed by atoms with E-state index in [1.54, 1.807) is 48.5 Å². The number of hydrogen-bond acceptors (Lipinski definition) is 10. The van der Waals surface area contributed by atoms with Crippen LogP contribution in [0, 0.1) is 0 Å². The van der Waals surface area contributed by atoms with E-state index >= 15 is 0 Å². The summed E-state index contributed by atoms with van der Waals surface area (Å²) in [5.74, 6) is 0.189. The molecule has 0 atom stereocenters. The summed E-state index contributed by atoms with van der Waals surface area (Å²) in [5.41, 5.74) is 0.953. The third-order valence-electron chi connectivity index (χ3n) is 4.72. The molecule has 2 heterocycles. The quantitative estimate of drug-likeness (QED) is 0.301. The van der Waals surface area contributed by atoms with E-state index in [0.717, 1.165) is 5.41 Å². The minimum atomic E-state index is -4.07. The molecule has 2 aromatic heterocycles. The molecule has 0 aliphatic heterocycles. The fraction of sp³-hybridized carbons (Fsp3) is 0.120. The number of rotatable bonds is 11. The van der Waals surface area contributed by atoms with Gasteiger partial charge in [-0.25, -0.2) is 18.4 Å². The van der Waals surface area contributed by atoms with Crippen LogP contribution >= 0.6 is 0 Å². The van der Waals surface area contributed by atoms with Gasteiger partial charge in [-0.3, -0.25) is 9.71 Å². The van der Waals surface area contributed by atoms with E-state index in [9.17, 15) is 13.5 Å². The summed E-state index contributed by atoms with van der Waals surface area (Å²) in [6, 6.07) is 15.7. The zero-order valence-electron chi connectivity index (χ0n) is 19.7. The van der Waals surface area contributed by atoms with Crippen molar-refractivity contribution in [3.63, 3.8) is 0 Å². The number of benzene rings is 2. The van der Waals surface area contributed by atoms with Crippen molar-refractivity contribution in [2.45, 2.75) is 0 Å². The van der Waals surface area contributed by atoms with Crippen LogP contribution in [-0.2, 0) is 10.0 Å². The van der Waals surface area contributed by atoms with Gasteiger partial charge >= 0.3 is 0 Å². The summed E-state index contributed by atoms with van der Waals surface area (Å²) < 4.78 is 45.4. The van der Waals surface area contributed by atoms with Gasteiger partial charge in [-0.15, -0.1) is 0 Å². The number of nitrogens with one attached hydrogen (secondary N) is 1. The smallest absolute Gasteiger partial charge is 0.263 e. The van der Waals surface area contributed by atoms with Gasteiger partial charge in [0.15, 0.2) is 23.1 Å². The summed E-state index contributed by atoms with van der Waals surface area (Å²) in [7, 11) is -2.60. The molecule has 0 saturated carbocycles. The number of hydrogen-bond donors (Lipinski definition) is 2. The zero-order chi connectivity index (χ0) is 26.1. The molecule has 2 N–H and O–H groups in total. The van der Waals surface area contributed by atoms with Gasteiger partial charge in [0.2, 0.25) is 5.75 Å². The molecule has 12 heteroatoms. The SMILES string of the molecule is COc1ccccc1Oc1c(NS(=O)(=O)/C=C/c2ccccc2)nc(-c2cnccn2)nc1OCCO. The third-order valence-corrected chi connectivity index (χ3v) is 5.69. The van der Waals surface area contributed by atoms with Gasteiger partial charge in [0.05, 0.1) is 25.3 Å². The molecule has 0 amide bonds. The van der Waals surface area contributed by atoms with E-state index in [0.29, 0.717) is 11.3 Å². The molecule has 0 saturated heterocycles. The first kappa shape index (κ1) is 25.5.